The summed E-state index contributed by atoms with van der Waals surface area (Å²) in [6, 6.07) is 4.94. The summed E-state index contributed by atoms with van der Waals surface area (Å²) in [6.45, 7) is 7.86. The number of hydrogen-bond acceptors (Lipinski definition) is 5. The predicted octanol–water partition coefficient (Wildman–Crippen LogP) is 3.91. The second kappa shape index (κ2) is 10.2. The molecule has 27 heavy (non-hydrogen) atoms. The lowest BCUT2D eigenvalue weighted by Crippen LogP contribution is -2.44. The zero-order valence-electron chi connectivity index (χ0n) is 16.6. The number of aryl methyl sites for hydroxylation is 1. The third-order valence-corrected chi connectivity index (χ3v) is 7.00. The number of thiophene rings is 1. The van der Waals surface area contributed by atoms with Crippen LogP contribution < -0.4 is 10.6 Å². The Labute approximate surface area is 170 Å². The Kier molecular flexibility index (Phi) is 7.67. The van der Waals surface area contributed by atoms with Gasteiger partial charge in [0.2, 0.25) is 0 Å². The van der Waals surface area contributed by atoms with Crippen molar-refractivity contribution in [3.63, 3.8) is 0 Å². The van der Waals surface area contributed by atoms with E-state index in [1.54, 1.807) is 11.3 Å². The average molecular weight is 406 g/mol. The highest BCUT2D eigenvalue weighted by atomic mass is 32.1. The molecule has 7 heteroatoms. The van der Waals surface area contributed by atoms with Gasteiger partial charge in [0, 0.05) is 29.4 Å². The Morgan fingerprint density at radius 1 is 1.33 bits per heavy atom. The molecule has 0 aliphatic carbocycles. The number of guanidine groups is 1. The quantitative estimate of drug-likeness (QED) is 0.542. The molecular weight excluding hydrogens is 374 g/mol. The maximum atomic E-state index is 4.75. The van der Waals surface area contributed by atoms with Gasteiger partial charge in [-0.2, -0.15) is 0 Å². The summed E-state index contributed by atoms with van der Waals surface area (Å²) >= 11 is 3.60. The molecule has 148 valence electrons. The standard InChI is InChI=1S/C20H31N5S2/c1-4-18-24-16(14-27-18)13-23-20(21-5-2)22-12-15-8-6-10-25(3)19(15)17-9-7-11-26-17/h7,9,11,14-15,19H,4-6,8,10,12-13H2,1-3H3,(H2,21,22,23). The van der Waals surface area contributed by atoms with Crippen molar-refractivity contribution in [2.45, 2.75) is 45.7 Å². The highest BCUT2D eigenvalue weighted by Gasteiger charge is 2.31. The van der Waals surface area contributed by atoms with E-state index in [0.717, 1.165) is 31.2 Å². The fourth-order valence-electron chi connectivity index (χ4n) is 3.70. The fourth-order valence-corrected chi connectivity index (χ4v) is 5.42. The van der Waals surface area contributed by atoms with E-state index in [9.17, 15) is 0 Å². The number of nitrogens with zero attached hydrogens (tertiary/aromatic N) is 3. The van der Waals surface area contributed by atoms with Crippen LogP contribution in [0.4, 0.5) is 0 Å². The highest BCUT2D eigenvalue weighted by molar-refractivity contribution is 7.10. The van der Waals surface area contributed by atoms with E-state index in [0.29, 0.717) is 18.5 Å². The van der Waals surface area contributed by atoms with Crippen molar-refractivity contribution in [2.75, 3.05) is 26.7 Å². The first-order valence-electron chi connectivity index (χ1n) is 9.90. The minimum atomic E-state index is 0.500. The zero-order chi connectivity index (χ0) is 19.1. The number of aromatic nitrogens is 1. The summed E-state index contributed by atoms with van der Waals surface area (Å²) in [4.78, 5) is 13.3. The molecule has 0 bridgehead atoms. The SMILES string of the molecule is CCNC(=NCc1csc(CC)n1)NCC1CCCN(C)C1c1cccs1. The molecule has 2 N–H and O–H groups in total. The second-order valence-electron chi connectivity index (χ2n) is 7.01. The number of rotatable bonds is 7. The van der Waals surface area contributed by atoms with Crippen molar-refractivity contribution in [3.8, 4) is 0 Å². The Bertz CT molecular complexity index is 710. The van der Waals surface area contributed by atoms with Crippen molar-refractivity contribution in [1.29, 1.82) is 0 Å². The van der Waals surface area contributed by atoms with Gasteiger partial charge in [0.25, 0.3) is 0 Å². The lowest BCUT2D eigenvalue weighted by Gasteiger charge is -2.39. The zero-order valence-corrected chi connectivity index (χ0v) is 18.2. The molecule has 2 atom stereocenters. The minimum absolute atomic E-state index is 0.500. The molecule has 1 aliphatic heterocycles. The van der Waals surface area contributed by atoms with Gasteiger partial charge in [-0.05, 0) is 57.1 Å². The van der Waals surface area contributed by atoms with Gasteiger partial charge in [-0.1, -0.05) is 13.0 Å². The minimum Gasteiger partial charge on any atom is -0.357 e. The summed E-state index contributed by atoms with van der Waals surface area (Å²) in [7, 11) is 2.25. The van der Waals surface area contributed by atoms with Crippen LogP contribution in [0, 0.1) is 5.92 Å². The van der Waals surface area contributed by atoms with Crippen molar-refractivity contribution < 1.29 is 0 Å². The highest BCUT2D eigenvalue weighted by Crippen LogP contribution is 2.36. The molecule has 0 spiro atoms. The van der Waals surface area contributed by atoms with E-state index in [-0.39, 0.29) is 0 Å². The number of nitrogens with one attached hydrogen (secondary N) is 2. The average Bonchev–Trinajstić information content (AvgIpc) is 3.35. The normalized spacial score (nSPS) is 21.4. The van der Waals surface area contributed by atoms with Crippen LogP contribution in [0.25, 0.3) is 0 Å². The molecule has 2 aromatic heterocycles. The molecule has 0 amide bonds. The largest absolute Gasteiger partial charge is 0.357 e. The molecule has 0 aromatic carbocycles. The maximum Gasteiger partial charge on any atom is 0.191 e. The van der Waals surface area contributed by atoms with E-state index in [1.165, 1.54) is 29.3 Å². The summed E-state index contributed by atoms with van der Waals surface area (Å²) in [5, 5.41) is 12.5. The molecule has 1 saturated heterocycles. The number of likely N-dealkylation sites (tertiary alicyclic amines) is 1. The molecule has 2 aromatic rings. The smallest absolute Gasteiger partial charge is 0.191 e. The molecule has 1 fully saturated rings. The van der Waals surface area contributed by atoms with Gasteiger partial charge >= 0.3 is 0 Å². The number of piperidine rings is 1. The Hall–Kier alpha value is -1.44. The van der Waals surface area contributed by atoms with Crippen LogP contribution in [0.1, 0.15) is 48.3 Å². The first-order chi connectivity index (χ1) is 13.2. The van der Waals surface area contributed by atoms with Gasteiger partial charge in [-0.15, -0.1) is 22.7 Å². The van der Waals surface area contributed by atoms with Gasteiger partial charge < -0.3 is 10.6 Å². The lowest BCUT2D eigenvalue weighted by molar-refractivity contribution is 0.125. The van der Waals surface area contributed by atoms with E-state index in [1.807, 2.05) is 11.3 Å². The van der Waals surface area contributed by atoms with Crippen molar-refractivity contribution in [1.82, 2.24) is 20.5 Å². The van der Waals surface area contributed by atoms with Gasteiger partial charge in [0.15, 0.2) is 5.96 Å². The van der Waals surface area contributed by atoms with Gasteiger partial charge in [-0.25, -0.2) is 9.98 Å². The summed E-state index contributed by atoms with van der Waals surface area (Å²) in [6.07, 6.45) is 3.51. The molecular formula is C20H31N5S2. The fraction of sp³-hybridized carbons (Fsp3) is 0.600. The molecule has 1 aliphatic rings. The molecule has 3 heterocycles. The molecule has 3 rings (SSSR count). The van der Waals surface area contributed by atoms with Crippen LogP contribution in [0.5, 0.6) is 0 Å². The number of aliphatic imine (C=N–C) groups is 1. The number of thiazole rings is 1. The molecule has 2 unspecified atom stereocenters. The third kappa shape index (κ3) is 5.53. The Morgan fingerprint density at radius 3 is 2.93 bits per heavy atom. The van der Waals surface area contributed by atoms with Crippen LogP contribution in [-0.4, -0.2) is 42.5 Å². The van der Waals surface area contributed by atoms with E-state index < -0.39 is 0 Å². The van der Waals surface area contributed by atoms with Crippen molar-refractivity contribution in [2.24, 2.45) is 10.9 Å². The monoisotopic (exact) mass is 405 g/mol. The van der Waals surface area contributed by atoms with Crippen molar-refractivity contribution >= 4 is 28.6 Å². The van der Waals surface area contributed by atoms with E-state index in [2.05, 4.69) is 64.3 Å². The van der Waals surface area contributed by atoms with Crippen LogP contribution in [0.3, 0.4) is 0 Å². The van der Waals surface area contributed by atoms with Crippen LogP contribution in [-0.2, 0) is 13.0 Å². The molecule has 5 nitrogen and oxygen atoms in total. The Morgan fingerprint density at radius 2 is 2.22 bits per heavy atom. The van der Waals surface area contributed by atoms with Crippen LogP contribution in [0.15, 0.2) is 27.9 Å². The van der Waals surface area contributed by atoms with Crippen molar-refractivity contribution in [3.05, 3.63) is 38.5 Å². The third-order valence-electron chi connectivity index (χ3n) is 5.02. The topological polar surface area (TPSA) is 52.6 Å². The molecule has 0 radical (unpaired) electrons. The lowest BCUT2D eigenvalue weighted by atomic mass is 9.88. The molecule has 0 saturated carbocycles. The van der Waals surface area contributed by atoms with E-state index >= 15 is 0 Å². The Balaban J connectivity index is 1.62. The first-order valence-corrected chi connectivity index (χ1v) is 11.7. The van der Waals surface area contributed by atoms with Crippen LogP contribution >= 0.6 is 22.7 Å². The first kappa shape index (κ1) is 20.3. The summed E-state index contributed by atoms with van der Waals surface area (Å²) in [5.41, 5.74) is 1.06. The van der Waals surface area contributed by atoms with E-state index in [4.69, 9.17) is 4.99 Å². The predicted molar refractivity (Wildman–Crippen MR) is 117 cm³/mol. The maximum absolute atomic E-state index is 4.75. The second-order valence-corrected chi connectivity index (χ2v) is 8.93. The van der Waals surface area contributed by atoms with Gasteiger partial charge in [0.1, 0.15) is 0 Å². The number of hydrogen-bond donors (Lipinski definition) is 2. The van der Waals surface area contributed by atoms with Crippen LogP contribution in [0.2, 0.25) is 0 Å². The van der Waals surface area contributed by atoms with Gasteiger partial charge in [-0.3, -0.25) is 4.90 Å². The summed E-state index contributed by atoms with van der Waals surface area (Å²) in [5.74, 6) is 1.49. The summed E-state index contributed by atoms with van der Waals surface area (Å²) < 4.78 is 0. The van der Waals surface area contributed by atoms with Gasteiger partial charge in [0.05, 0.1) is 17.2 Å².